The van der Waals surface area contributed by atoms with Crippen LogP contribution in [-0.4, -0.2) is 28.1 Å². The predicted molar refractivity (Wildman–Crippen MR) is 144 cm³/mol. The Balaban J connectivity index is 1.60. The average Bonchev–Trinajstić information content (AvgIpc) is 3.30. The van der Waals surface area contributed by atoms with Gasteiger partial charge in [-0.1, -0.05) is 56.3 Å². The maximum absolute atomic E-state index is 13.4. The van der Waals surface area contributed by atoms with Gasteiger partial charge in [-0.05, 0) is 70.6 Å². The minimum atomic E-state index is -0.352. The predicted octanol–water partition coefficient (Wildman–Crippen LogP) is 6.67. The molecule has 5 aromatic rings. The molecule has 0 aliphatic carbocycles. The second kappa shape index (κ2) is 10.2. The van der Waals surface area contributed by atoms with Gasteiger partial charge in [-0.2, -0.15) is 0 Å². The quantitative estimate of drug-likeness (QED) is 0.259. The SMILES string of the molecule is CC(C)CNC(=O)c1cc(-c2ccc3nc(-c4ccc(F)cc4)c(C=O)n3c2)ccc1-c1ccccc1. The molecule has 0 atom stereocenters. The number of fused-ring (bicyclic) bond motifs is 1. The second-order valence-electron chi connectivity index (χ2n) is 9.35. The van der Waals surface area contributed by atoms with Crippen LogP contribution in [0.25, 0.3) is 39.2 Å². The maximum Gasteiger partial charge on any atom is 0.251 e. The lowest BCUT2D eigenvalue weighted by molar-refractivity contribution is 0.0949. The molecule has 6 heteroatoms. The van der Waals surface area contributed by atoms with Crippen molar-refractivity contribution in [3.8, 4) is 33.5 Å². The number of rotatable bonds is 7. The molecule has 0 bridgehead atoms. The summed E-state index contributed by atoms with van der Waals surface area (Å²) in [7, 11) is 0. The van der Waals surface area contributed by atoms with Crippen molar-refractivity contribution in [3.63, 3.8) is 0 Å². The van der Waals surface area contributed by atoms with Crippen molar-refractivity contribution in [2.24, 2.45) is 5.92 Å². The number of imidazole rings is 1. The van der Waals surface area contributed by atoms with Gasteiger partial charge in [0.05, 0.1) is 0 Å². The third-order valence-corrected chi connectivity index (χ3v) is 6.24. The Morgan fingerprint density at radius 1 is 0.919 bits per heavy atom. The fourth-order valence-corrected chi connectivity index (χ4v) is 4.34. The molecular formula is C31H26FN3O2. The van der Waals surface area contributed by atoms with E-state index in [2.05, 4.69) is 24.1 Å². The lowest BCUT2D eigenvalue weighted by Crippen LogP contribution is -2.27. The van der Waals surface area contributed by atoms with E-state index in [-0.39, 0.29) is 11.7 Å². The zero-order chi connectivity index (χ0) is 25.9. The van der Waals surface area contributed by atoms with Crippen LogP contribution in [-0.2, 0) is 0 Å². The molecule has 0 saturated carbocycles. The van der Waals surface area contributed by atoms with Crippen LogP contribution >= 0.6 is 0 Å². The molecule has 37 heavy (non-hydrogen) atoms. The molecule has 1 N–H and O–H groups in total. The molecule has 2 heterocycles. The standard InChI is InChI=1S/C31H26FN3O2/c1-20(2)17-33-31(37)27-16-23(10-14-26(27)21-6-4-3-5-7-21)24-11-15-29-34-30(28(19-36)35(29)18-24)22-8-12-25(32)13-9-22/h3-16,18-20H,17H2,1-2H3,(H,33,37). The van der Waals surface area contributed by atoms with E-state index in [1.807, 2.05) is 66.9 Å². The van der Waals surface area contributed by atoms with Crippen molar-refractivity contribution < 1.29 is 14.0 Å². The Hall–Kier alpha value is -4.58. The van der Waals surface area contributed by atoms with Crippen LogP contribution < -0.4 is 5.32 Å². The van der Waals surface area contributed by atoms with Crippen LogP contribution in [0.5, 0.6) is 0 Å². The molecular weight excluding hydrogens is 465 g/mol. The highest BCUT2D eigenvalue weighted by molar-refractivity contribution is 6.02. The summed E-state index contributed by atoms with van der Waals surface area (Å²) in [5.74, 6) is -0.159. The lowest BCUT2D eigenvalue weighted by atomic mass is 9.95. The van der Waals surface area contributed by atoms with E-state index >= 15 is 0 Å². The molecule has 0 aliphatic rings. The Morgan fingerprint density at radius 2 is 1.62 bits per heavy atom. The van der Waals surface area contributed by atoms with Gasteiger partial charge in [0.15, 0.2) is 6.29 Å². The number of hydrogen-bond acceptors (Lipinski definition) is 3. The summed E-state index contributed by atoms with van der Waals surface area (Å²) in [6.45, 7) is 4.69. The number of benzene rings is 3. The van der Waals surface area contributed by atoms with Gasteiger partial charge < -0.3 is 5.32 Å². The molecule has 0 aliphatic heterocycles. The highest BCUT2D eigenvalue weighted by Crippen LogP contribution is 2.31. The van der Waals surface area contributed by atoms with Gasteiger partial charge in [0.1, 0.15) is 22.9 Å². The zero-order valence-electron chi connectivity index (χ0n) is 20.6. The molecule has 184 valence electrons. The number of pyridine rings is 1. The first kappa shape index (κ1) is 24.1. The molecule has 0 fully saturated rings. The van der Waals surface area contributed by atoms with E-state index in [0.29, 0.717) is 40.6 Å². The normalized spacial score (nSPS) is 11.1. The first-order chi connectivity index (χ1) is 17.9. The molecule has 0 saturated heterocycles. The molecule has 0 radical (unpaired) electrons. The first-order valence-electron chi connectivity index (χ1n) is 12.2. The molecule has 0 unspecified atom stereocenters. The van der Waals surface area contributed by atoms with Gasteiger partial charge in [0.2, 0.25) is 0 Å². The molecule has 3 aromatic carbocycles. The van der Waals surface area contributed by atoms with Crippen molar-refractivity contribution in [1.29, 1.82) is 0 Å². The summed E-state index contributed by atoms with van der Waals surface area (Å²) in [5, 5.41) is 3.03. The number of amides is 1. The minimum Gasteiger partial charge on any atom is -0.352 e. The average molecular weight is 492 g/mol. The van der Waals surface area contributed by atoms with E-state index in [9.17, 15) is 14.0 Å². The largest absolute Gasteiger partial charge is 0.352 e. The van der Waals surface area contributed by atoms with Gasteiger partial charge in [0, 0.05) is 23.9 Å². The number of aldehydes is 1. The topological polar surface area (TPSA) is 63.5 Å². The fraction of sp³-hybridized carbons (Fsp3) is 0.129. The van der Waals surface area contributed by atoms with Crippen LogP contribution in [0.3, 0.4) is 0 Å². The van der Waals surface area contributed by atoms with E-state index in [1.54, 1.807) is 16.5 Å². The van der Waals surface area contributed by atoms with E-state index in [1.165, 1.54) is 12.1 Å². The molecule has 1 amide bonds. The van der Waals surface area contributed by atoms with Gasteiger partial charge in [-0.25, -0.2) is 9.37 Å². The lowest BCUT2D eigenvalue weighted by Gasteiger charge is -2.14. The Morgan fingerprint density at radius 3 is 2.32 bits per heavy atom. The fourth-order valence-electron chi connectivity index (χ4n) is 4.34. The Kier molecular flexibility index (Phi) is 6.64. The van der Waals surface area contributed by atoms with Gasteiger partial charge in [0.25, 0.3) is 5.91 Å². The number of aromatic nitrogens is 2. The molecule has 2 aromatic heterocycles. The Bertz CT molecular complexity index is 1590. The second-order valence-corrected chi connectivity index (χ2v) is 9.35. The van der Waals surface area contributed by atoms with Gasteiger partial charge >= 0.3 is 0 Å². The number of carbonyl (C=O) groups is 2. The molecule has 5 rings (SSSR count). The number of carbonyl (C=O) groups excluding carboxylic acids is 2. The third kappa shape index (κ3) is 4.91. The zero-order valence-corrected chi connectivity index (χ0v) is 20.6. The van der Waals surface area contributed by atoms with Crippen molar-refractivity contribution >= 4 is 17.8 Å². The third-order valence-electron chi connectivity index (χ3n) is 6.24. The van der Waals surface area contributed by atoms with Crippen molar-refractivity contribution in [2.45, 2.75) is 13.8 Å². The monoisotopic (exact) mass is 491 g/mol. The highest BCUT2D eigenvalue weighted by atomic mass is 19.1. The van der Waals surface area contributed by atoms with Crippen molar-refractivity contribution in [1.82, 2.24) is 14.7 Å². The van der Waals surface area contributed by atoms with E-state index < -0.39 is 0 Å². The number of nitrogens with zero attached hydrogens (tertiary/aromatic N) is 2. The highest BCUT2D eigenvalue weighted by Gasteiger charge is 2.17. The van der Waals surface area contributed by atoms with Crippen LogP contribution in [0.2, 0.25) is 0 Å². The van der Waals surface area contributed by atoms with Crippen LogP contribution in [0, 0.1) is 11.7 Å². The van der Waals surface area contributed by atoms with E-state index in [0.717, 1.165) is 28.5 Å². The summed E-state index contributed by atoms with van der Waals surface area (Å²) >= 11 is 0. The number of hydrogen-bond donors (Lipinski definition) is 1. The minimum absolute atomic E-state index is 0.134. The summed E-state index contributed by atoms with van der Waals surface area (Å²) in [6, 6.07) is 25.3. The smallest absolute Gasteiger partial charge is 0.251 e. The van der Waals surface area contributed by atoms with Crippen LogP contribution in [0.4, 0.5) is 4.39 Å². The Labute approximate surface area is 214 Å². The van der Waals surface area contributed by atoms with Crippen LogP contribution in [0.1, 0.15) is 34.7 Å². The van der Waals surface area contributed by atoms with E-state index in [4.69, 9.17) is 0 Å². The summed E-state index contributed by atoms with van der Waals surface area (Å²) in [5.41, 5.74) is 6.17. The van der Waals surface area contributed by atoms with Crippen molar-refractivity contribution in [2.75, 3.05) is 6.54 Å². The number of nitrogens with one attached hydrogen (secondary N) is 1. The molecule has 5 nitrogen and oxygen atoms in total. The maximum atomic E-state index is 13.4. The summed E-state index contributed by atoms with van der Waals surface area (Å²) in [4.78, 5) is 29.9. The number of halogens is 1. The van der Waals surface area contributed by atoms with Gasteiger partial charge in [-0.3, -0.25) is 14.0 Å². The van der Waals surface area contributed by atoms with Crippen LogP contribution in [0.15, 0.2) is 91.1 Å². The summed E-state index contributed by atoms with van der Waals surface area (Å²) < 4.78 is 15.1. The van der Waals surface area contributed by atoms with Crippen molar-refractivity contribution in [3.05, 3.63) is 108 Å². The first-order valence-corrected chi connectivity index (χ1v) is 12.2. The summed E-state index contributed by atoms with van der Waals surface area (Å²) in [6.07, 6.45) is 2.60. The molecule has 0 spiro atoms. The van der Waals surface area contributed by atoms with Gasteiger partial charge in [-0.15, -0.1) is 0 Å².